The highest BCUT2D eigenvalue weighted by Gasteiger charge is 2.17. The topological polar surface area (TPSA) is 50.5 Å². The van der Waals surface area contributed by atoms with Crippen molar-refractivity contribution < 1.29 is 4.74 Å². The van der Waals surface area contributed by atoms with Crippen LogP contribution in [0.4, 0.5) is 0 Å². The van der Waals surface area contributed by atoms with Crippen LogP contribution in [-0.4, -0.2) is 56.9 Å². The van der Waals surface area contributed by atoms with Gasteiger partial charge in [-0.25, -0.2) is 0 Å². The molecule has 3 N–H and O–H groups in total. The fourth-order valence-corrected chi connectivity index (χ4v) is 2.95. The van der Waals surface area contributed by atoms with Crippen molar-refractivity contribution >= 4 is 0 Å². The number of rotatable bonds is 6. The molecule has 0 aromatic rings. The Morgan fingerprint density at radius 1 is 1.11 bits per heavy atom. The lowest BCUT2D eigenvalue weighted by molar-refractivity contribution is 0.0374. The van der Waals surface area contributed by atoms with E-state index in [0.717, 1.165) is 38.8 Å². The van der Waals surface area contributed by atoms with Gasteiger partial charge in [-0.05, 0) is 57.7 Å². The van der Waals surface area contributed by atoms with E-state index in [4.69, 9.17) is 10.5 Å². The Labute approximate surface area is 111 Å². The molecule has 2 fully saturated rings. The van der Waals surface area contributed by atoms with E-state index in [1.54, 1.807) is 0 Å². The number of hydrogen-bond acceptors (Lipinski definition) is 4. The highest BCUT2D eigenvalue weighted by atomic mass is 16.5. The first-order valence-corrected chi connectivity index (χ1v) is 7.61. The second-order valence-electron chi connectivity index (χ2n) is 5.79. The van der Waals surface area contributed by atoms with Gasteiger partial charge in [0.1, 0.15) is 0 Å². The zero-order valence-corrected chi connectivity index (χ0v) is 11.6. The number of morpholine rings is 1. The van der Waals surface area contributed by atoms with Crippen LogP contribution < -0.4 is 11.1 Å². The van der Waals surface area contributed by atoms with Gasteiger partial charge >= 0.3 is 0 Å². The summed E-state index contributed by atoms with van der Waals surface area (Å²) in [6, 6.07) is 0.475. The third kappa shape index (κ3) is 5.22. The van der Waals surface area contributed by atoms with Gasteiger partial charge in [0.2, 0.25) is 0 Å². The van der Waals surface area contributed by atoms with Gasteiger partial charge in [0, 0.05) is 19.1 Å². The van der Waals surface area contributed by atoms with E-state index in [9.17, 15) is 0 Å². The van der Waals surface area contributed by atoms with E-state index in [1.165, 1.54) is 45.2 Å². The SMILES string of the molecule is NC1CCC(CNCCCN2CCOCC2)CC1. The van der Waals surface area contributed by atoms with E-state index < -0.39 is 0 Å². The summed E-state index contributed by atoms with van der Waals surface area (Å²) in [7, 11) is 0. The van der Waals surface area contributed by atoms with Crippen molar-refractivity contribution in [1.82, 2.24) is 10.2 Å². The molecule has 1 aliphatic carbocycles. The number of nitrogens with zero attached hydrogens (tertiary/aromatic N) is 1. The Bertz CT molecular complexity index is 211. The largest absolute Gasteiger partial charge is 0.379 e. The summed E-state index contributed by atoms with van der Waals surface area (Å²) in [5, 5.41) is 3.61. The number of nitrogens with one attached hydrogen (secondary N) is 1. The zero-order chi connectivity index (χ0) is 12.6. The standard InChI is InChI=1S/C14H29N3O/c15-14-4-2-13(3-5-14)12-16-6-1-7-17-8-10-18-11-9-17/h13-14,16H,1-12,15H2. The molecule has 1 saturated carbocycles. The fourth-order valence-electron chi connectivity index (χ4n) is 2.95. The van der Waals surface area contributed by atoms with Crippen LogP contribution in [0.5, 0.6) is 0 Å². The van der Waals surface area contributed by atoms with Gasteiger partial charge in [-0.3, -0.25) is 4.90 Å². The first kappa shape index (κ1) is 14.3. The molecule has 2 rings (SSSR count). The van der Waals surface area contributed by atoms with Crippen molar-refractivity contribution in [2.45, 2.75) is 38.1 Å². The lowest BCUT2D eigenvalue weighted by atomic mass is 9.86. The average Bonchev–Trinajstić information content (AvgIpc) is 2.42. The molecule has 0 aromatic carbocycles. The Hall–Kier alpha value is -0.160. The highest BCUT2D eigenvalue weighted by molar-refractivity contribution is 4.75. The normalized spacial score (nSPS) is 30.5. The van der Waals surface area contributed by atoms with Crippen LogP contribution in [0.2, 0.25) is 0 Å². The molecule has 4 nitrogen and oxygen atoms in total. The molecule has 0 amide bonds. The Balaban J connectivity index is 1.43. The van der Waals surface area contributed by atoms with E-state index >= 15 is 0 Å². The van der Waals surface area contributed by atoms with Gasteiger partial charge in [0.15, 0.2) is 0 Å². The maximum absolute atomic E-state index is 5.92. The van der Waals surface area contributed by atoms with E-state index in [0.29, 0.717) is 6.04 Å². The summed E-state index contributed by atoms with van der Waals surface area (Å²) < 4.78 is 5.35. The Morgan fingerprint density at radius 2 is 1.83 bits per heavy atom. The van der Waals surface area contributed by atoms with Gasteiger partial charge in [-0.15, -0.1) is 0 Å². The predicted octanol–water partition coefficient (Wildman–Crippen LogP) is 0.816. The minimum Gasteiger partial charge on any atom is -0.379 e. The quantitative estimate of drug-likeness (QED) is 0.690. The molecule has 4 heteroatoms. The second kappa shape index (κ2) is 8.10. The van der Waals surface area contributed by atoms with Crippen LogP contribution in [0.3, 0.4) is 0 Å². The van der Waals surface area contributed by atoms with Crippen molar-refractivity contribution in [3.8, 4) is 0 Å². The van der Waals surface area contributed by atoms with Crippen LogP contribution >= 0.6 is 0 Å². The number of ether oxygens (including phenoxy) is 1. The summed E-state index contributed by atoms with van der Waals surface area (Å²) in [5.74, 6) is 0.869. The first-order valence-electron chi connectivity index (χ1n) is 7.61. The van der Waals surface area contributed by atoms with Crippen molar-refractivity contribution in [3.63, 3.8) is 0 Å². The summed E-state index contributed by atoms with van der Waals surface area (Å²) in [4.78, 5) is 2.50. The lowest BCUT2D eigenvalue weighted by Gasteiger charge is -2.27. The summed E-state index contributed by atoms with van der Waals surface area (Å²) in [5.41, 5.74) is 5.92. The van der Waals surface area contributed by atoms with Crippen LogP contribution in [0.25, 0.3) is 0 Å². The smallest absolute Gasteiger partial charge is 0.0594 e. The zero-order valence-electron chi connectivity index (χ0n) is 11.6. The van der Waals surface area contributed by atoms with Crippen LogP contribution in [0, 0.1) is 5.92 Å². The number of hydrogen-bond donors (Lipinski definition) is 2. The molecule has 0 bridgehead atoms. The maximum atomic E-state index is 5.92. The monoisotopic (exact) mass is 255 g/mol. The molecule has 0 unspecified atom stereocenters. The third-order valence-electron chi connectivity index (χ3n) is 4.26. The fraction of sp³-hybridized carbons (Fsp3) is 1.00. The summed E-state index contributed by atoms with van der Waals surface area (Å²) in [6.07, 6.45) is 6.34. The average molecular weight is 255 g/mol. The van der Waals surface area contributed by atoms with Gasteiger partial charge < -0.3 is 15.8 Å². The maximum Gasteiger partial charge on any atom is 0.0594 e. The lowest BCUT2D eigenvalue weighted by Crippen LogP contribution is -2.38. The van der Waals surface area contributed by atoms with Crippen LogP contribution in [0.1, 0.15) is 32.1 Å². The Morgan fingerprint density at radius 3 is 2.56 bits per heavy atom. The molecule has 0 spiro atoms. The molecule has 1 aliphatic heterocycles. The van der Waals surface area contributed by atoms with Gasteiger partial charge in [-0.2, -0.15) is 0 Å². The first-order chi connectivity index (χ1) is 8.84. The van der Waals surface area contributed by atoms with Crippen molar-refractivity contribution in [1.29, 1.82) is 0 Å². The highest BCUT2D eigenvalue weighted by Crippen LogP contribution is 2.22. The molecule has 0 aromatic heterocycles. The minimum atomic E-state index is 0.475. The second-order valence-corrected chi connectivity index (χ2v) is 5.79. The third-order valence-corrected chi connectivity index (χ3v) is 4.26. The summed E-state index contributed by atoms with van der Waals surface area (Å²) in [6.45, 7) is 7.61. The van der Waals surface area contributed by atoms with Crippen molar-refractivity contribution in [2.24, 2.45) is 11.7 Å². The minimum absolute atomic E-state index is 0.475. The molecular formula is C14H29N3O. The number of nitrogens with two attached hydrogens (primary N) is 1. The van der Waals surface area contributed by atoms with Gasteiger partial charge in [0.25, 0.3) is 0 Å². The predicted molar refractivity (Wildman–Crippen MR) is 74.7 cm³/mol. The molecular weight excluding hydrogens is 226 g/mol. The molecule has 18 heavy (non-hydrogen) atoms. The molecule has 106 valence electrons. The van der Waals surface area contributed by atoms with Gasteiger partial charge in [-0.1, -0.05) is 0 Å². The van der Waals surface area contributed by atoms with Crippen molar-refractivity contribution in [2.75, 3.05) is 45.9 Å². The molecule has 0 radical (unpaired) electrons. The molecule has 2 aliphatic rings. The van der Waals surface area contributed by atoms with E-state index in [1.807, 2.05) is 0 Å². The van der Waals surface area contributed by atoms with Crippen molar-refractivity contribution in [3.05, 3.63) is 0 Å². The molecule has 1 heterocycles. The molecule has 1 saturated heterocycles. The van der Waals surface area contributed by atoms with Crippen LogP contribution in [-0.2, 0) is 4.74 Å². The van der Waals surface area contributed by atoms with Crippen LogP contribution in [0.15, 0.2) is 0 Å². The molecule has 0 atom stereocenters. The van der Waals surface area contributed by atoms with E-state index in [2.05, 4.69) is 10.2 Å². The van der Waals surface area contributed by atoms with Gasteiger partial charge in [0.05, 0.1) is 13.2 Å². The Kier molecular flexibility index (Phi) is 6.41. The van der Waals surface area contributed by atoms with E-state index in [-0.39, 0.29) is 0 Å². The summed E-state index contributed by atoms with van der Waals surface area (Å²) >= 11 is 0.